The maximum absolute atomic E-state index is 4.43. The largest absolute Gasteiger partial charge is 0.179 e. The molecule has 0 amide bonds. The third-order valence-electron chi connectivity index (χ3n) is 1.91. The lowest BCUT2D eigenvalue weighted by Crippen LogP contribution is -2.16. The van der Waals surface area contributed by atoms with E-state index in [0.29, 0.717) is 10.5 Å². The molecule has 0 aromatic rings. The molecule has 0 spiro atoms. The van der Waals surface area contributed by atoms with Crippen molar-refractivity contribution in [3.05, 3.63) is 0 Å². The highest BCUT2D eigenvalue weighted by Gasteiger charge is 2.12. The summed E-state index contributed by atoms with van der Waals surface area (Å²) in [5.41, 5.74) is 0. The van der Waals surface area contributed by atoms with Crippen molar-refractivity contribution in [3.8, 4) is 0 Å². The molecule has 17 heavy (non-hydrogen) atoms. The Bertz CT molecular complexity index is 156. The van der Waals surface area contributed by atoms with Crippen molar-refractivity contribution in [2.24, 2.45) is 0 Å². The smallest absolute Gasteiger partial charge is 0.0226 e. The first-order valence-electron chi connectivity index (χ1n) is 5.52. The minimum atomic E-state index is 0.646. The topological polar surface area (TPSA) is 0 Å². The van der Waals surface area contributed by atoms with Crippen LogP contribution in [0.15, 0.2) is 0 Å². The molecule has 7 heteroatoms. The summed E-state index contributed by atoms with van der Waals surface area (Å²) in [7, 11) is 0. The third kappa shape index (κ3) is 11.9. The first-order valence-corrected chi connectivity index (χ1v) is 11.3. The molecule has 0 saturated carbocycles. The zero-order valence-corrected chi connectivity index (χ0v) is 15.9. The molecule has 0 aliphatic carbocycles. The van der Waals surface area contributed by atoms with Gasteiger partial charge in [-0.3, -0.25) is 0 Å². The van der Waals surface area contributed by atoms with E-state index in [0.717, 1.165) is 34.5 Å². The average molecular weight is 367 g/mol. The molecule has 0 aliphatic heterocycles. The molecular formula is C10H22S7. The van der Waals surface area contributed by atoms with Crippen molar-refractivity contribution >= 4 is 85.8 Å². The van der Waals surface area contributed by atoms with Crippen molar-refractivity contribution in [3.63, 3.8) is 0 Å². The second-order valence-corrected chi connectivity index (χ2v) is 8.85. The Balaban J connectivity index is 3.69. The fraction of sp³-hybridized carbons (Fsp3) is 1.00. The van der Waals surface area contributed by atoms with E-state index in [1.54, 1.807) is 0 Å². The first kappa shape index (κ1) is 19.4. The number of rotatable bonds is 12. The van der Waals surface area contributed by atoms with Crippen LogP contribution >= 0.6 is 85.8 Å². The van der Waals surface area contributed by atoms with Crippen LogP contribution in [0.3, 0.4) is 0 Å². The van der Waals surface area contributed by atoms with E-state index in [4.69, 9.17) is 0 Å². The van der Waals surface area contributed by atoms with Crippen molar-refractivity contribution in [1.82, 2.24) is 0 Å². The second kappa shape index (κ2) is 14.9. The van der Waals surface area contributed by atoms with E-state index in [1.165, 1.54) is 11.5 Å². The fourth-order valence-electron chi connectivity index (χ4n) is 1.05. The van der Waals surface area contributed by atoms with Crippen LogP contribution in [0.1, 0.15) is 0 Å². The van der Waals surface area contributed by atoms with Gasteiger partial charge < -0.3 is 0 Å². The van der Waals surface area contributed by atoms with E-state index in [9.17, 15) is 0 Å². The Labute approximate surface area is 141 Å². The average Bonchev–Trinajstić information content (AvgIpc) is 2.36. The standard InChI is InChI=1S/C10H22S7/c11-1-3-15-7-9(5-13)17-8-10(6-14)16-4-2-12/h9-14H,1-8H2. The van der Waals surface area contributed by atoms with Gasteiger partial charge >= 0.3 is 0 Å². The summed E-state index contributed by atoms with van der Waals surface area (Å²) in [4.78, 5) is 0. The Morgan fingerprint density at radius 1 is 0.706 bits per heavy atom. The molecule has 2 unspecified atom stereocenters. The van der Waals surface area contributed by atoms with Gasteiger partial charge in [0, 0.05) is 45.0 Å². The van der Waals surface area contributed by atoms with Gasteiger partial charge in [0.05, 0.1) is 0 Å². The lowest BCUT2D eigenvalue weighted by Gasteiger charge is -2.18. The monoisotopic (exact) mass is 366 g/mol. The van der Waals surface area contributed by atoms with Crippen LogP contribution in [-0.2, 0) is 0 Å². The highest BCUT2D eigenvalue weighted by atomic mass is 32.2. The summed E-state index contributed by atoms with van der Waals surface area (Å²) >= 11 is 23.3. The van der Waals surface area contributed by atoms with Crippen molar-refractivity contribution in [2.45, 2.75) is 10.5 Å². The molecular weight excluding hydrogens is 345 g/mol. The molecule has 0 N–H and O–H groups in total. The van der Waals surface area contributed by atoms with Crippen LogP contribution < -0.4 is 0 Å². The van der Waals surface area contributed by atoms with Crippen LogP contribution in [0.2, 0.25) is 0 Å². The molecule has 104 valence electrons. The Morgan fingerprint density at radius 3 is 1.82 bits per heavy atom. The molecule has 0 heterocycles. The van der Waals surface area contributed by atoms with Crippen LogP contribution in [0, 0.1) is 0 Å². The van der Waals surface area contributed by atoms with Gasteiger partial charge in [-0.1, -0.05) is 0 Å². The van der Waals surface area contributed by atoms with E-state index in [2.05, 4.69) is 50.5 Å². The zero-order chi connectivity index (χ0) is 12.9. The lowest BCUT2D eigenvalue weighted by atomic mass is 10.5. The maximum Gasteiger partial charge on any atom is 0.0226 e. The second-order valence-electron chi connectivity index (χ2n) is 3.34. The fourth-order valence-corrected chi connectivity index (χ4v) is 6.22. The van der Waals surface area contributed by atoms with E-state index in [-0.39, 0.29) is 0 Å². The molecule has 0 aromatic heterocycles. The highest BCUT2D eigenvalue weighted by Crippen LogP contribution is 2.24. The summed E-state index contributed by atoms with van der Waals surface area (Å²) in [6.07, 6.45) is 0. The van der Waals surface area contributed by atoms with Crippen LogP contribution in [-0.4, -0.2) is 56.5 Å². The lowest BCUT2D eigenvalue weighted by molar-refractivity contribution is 1.11. The quantitative estimate of drug-likeness (QED) is 0.308. The summed E-state index contributed by atoms with van der Waals surface area (Å²) in [6.45, 7) is 0. The number of thiol groups is 4. The van der Waals surface area contributed by atoms with E-state index < -0.39 is 0 Å². The summed E-state index contributed by atoms with van der Waals surface area (Å²) in [5, 5.41) is 1.30. The SMILES string of the molecule is SCCSCC(CS)SCC(CS)SCCS. The van der Waals surface area contributed by atoms with Crippen LogP contribution in [0.5, 0.6) is 0 Å². The number of hydrogen-bond donors (Lipinski definition) is 4. The molecule has 0 rings (SSSR count). The van der Waals surface area contributed by atoms with Crippen molar-refractivity contribution in [2.75, 3.05) is 46.0 Å². The highest BCUT2D eigenvalue weighted by molar-refractivity contribution is 8.06. The molecule has 0 nitrogen and oxygen atoms in total. The zero-order valence-electron chi connectivity index (χ0n) is 9.83. The van der Waals surface area contributed by atoms with Crippen molar-refractivity contribution in [1.29, 1.82) is 0 Å². The van der Waals surface area contributed by atoms with E-state index >= 15 is 0 Å². The van der Waals surface area contributed by atoms with Gasteiger partial charge in [0.2, 0.25) is 0 Å². The Hall–Kier alpha value is 2.45. The Kier molecular flexibility index (Phi) is 17.0. The van der Waals surface area contributed by atoms with Gasteiger partial charge in [-0.05, 0) is 11.5 Å². The summed E-state index contributed by atoms with van der Waals surface area (Å²) < 4.78 is 0. The van der Waals surface area contributed by atoms with E-state index in [1.807, 2.05) is 35.3 Å². The van der Waals surface area contributed by atoms with Gasteiger partial charge in [0.15, 0.2) is 0 Å². The van der Waals surface area contributed by atoms with Crippen LogP contribution in [0.4, 0.5) is 0 Å². The molecule has 2 atom stereocenters. The van der Waals surface area contributed by atoms with Gasteiger partial charge in [-0.2, -0.15) is 85.8 Å². The van der Waals surface area contributed by atoms with Crippen LogP contribution in [0.25, 0.3) is 0 Å². The third-order valence-corrected chi connectivity index (χ3v) is 8.53. The predicted octanol–water partition coefficient (Wildman–Crippen LogP) is 3.64. The van der Waals surface area contributed by atoms with Gasteiger partial charge in [-0.15, -0.1) is 0 Å². The first-order chi connectivity index (χ1) is 8.28. The summed E-state index contributed by atoms with van der Waals surface area (Å²) in [5.74, 6) is 8.45. The molecule has 0 saturated heterocycles. The normalized spacial score (nSPS) is 14.8. The van der Waals surface area contributed by atoms with Gasteiger partial charge in [0.25, 0.3) is 0 Å². The maximum atomic E-state index is 4.43. The van der Waals surface area contributed by atoms with Crippen molar-refractivity contribution < 1.29 is 0 Å². The number of hydrogen-bond acceptors (Lipinski definition) is 7. The molecule has 0 aromatic carbocycles. The van der Waals surface area contributed by atoms with Gasteiger partial charge in [0.1, 0.15) is 0 Å². The molecule has 0 radical (unpaired) electrons. The minimum Gasteiger partial charge on any atom is -0.179 e. The molecule has 0 aliphatic rings. The predicted molar refractivity (Wildman–Crippen MR) is 105 cm³/mol. The number of thioether (sulfide) groups is 3. The Morgan fingerprint density at radius 2 is 1.29 bits per heavy atom. The summed E-state index contributed by atoms with van der Waals surface area (Å²) in [6, 6.07) is 0. The molecule has 0 fully saturated rings. The van der Waals surface area contributed by atoms with Gasteiger partial charge in [-0.25, -0.2) is 0 Å². The molecule has 0 bridgehead atoms. The minimum absolute atomic E-state index is 0.646.